The van der Waals surface area contributed by atoms with E-state index < -0.39 is 0 Å². The molecule has 0 radical (unpaired) electrons. The molecule has 0 atom stereocenters. The predicted molar refractivity (Wildman–Crippen MR) is 132 cm³/mol. The van der Waals surface area contributed by atoms with Gasteiger partial charge in [-0.2, -0.15) is 0 Å². The van der Waals surface area contributed by atoms with Crippen LogP contribution in [0, 0.1) is 0 Å². The summed E-state index contributed by atoms with van der Waals surface area (Å²) >= 11 is 0. The standard InChI is InChI=1S/C28H25N3O3/c32-27(16-13-22-11-14-26(15-12-22)34-21-25-5-1-3-17-29-25)30-19-23-7-9-24(10-8-23)20-31-18-4-2-6-28(31)33/h1-18H,19-21H2,(H,30,32). The van der Waals surface area contributed by atoms with Gasteiger partial charge in [-0.25, -0.2) is 0 Å². The number of carbonyl (C=O) groups excluding carboxylic acids is 1. The zero-order valence-electron chi connectivity index (χ0n) is 18.6. The number of nitrogens with zero attached hydrogens (tertiary/aromatic N) is 2. The molecule has 4 rings (SSSR count). The summed E-state index contributed by atoms with van der Waals surface area (Å²) in [5.74, 6) is 0.572. The van der Waals surface area contributed by atoms with Crippen LogP contribution in [0.1, 0.15) is 22.4 Å². The maximum Gasteiger partial charge on any atom is 0.250 e. The van der Waals surface area contributed by atoms with Gasteiger partial charge in [-0.3, -0.25) is 14.6 Å². The summed E-state index contributed by atoms with van der Waals surface area (Å²) in [5.41, 5.74) is 3.75. The van der Waals surface area contributed by atoms with Crippen LogP contribution in [0.5, 0.6) is 5.75 Å². The Kier molecular flexibility index (Phi) is 7.64. The molecule has 170 valence electrons. The molecule has 4 aromatic rings. The second-order valence-electron chi connectivity index (χ2n) is 7.71. The lowest BCUT2D eigenvalue weighted by molar-refractivity contribution is -0.116. The lowest BCUT2D eigenvalue weighted by Crippen LogP contribution is -2.20. The highest BCUT2D eigenvalue weighted by Gasteiger charge is 2.01. The zero-order valence-corrected chi connectivity index (χ0v) is 18.6. The molecule has 0 saturated heterocycles. The Bertz CT molecular complexity index is 1300. The van der Waals surface area contributed by atoms with Crippen molar-refractivity contribution in [2.45, 2.75) is 19.7 Å². The molecular weight excluding hydrogens is 426 g/mol. The molecule has 2 heterocycles. The SMILES string of the molecule is O=C(C=Cc1ccc(OCc2ccccn2)cc1)NCc1ccc(Cn2ccccc2=O)cc1. The minimum Gasteiger partial charge on any atom is -0.487 e. The number of ether oxygens (including phenoxy) is 1. The van der Waals surface area contributed by atoms with Gasteiger partial charge >= 0.3 is 0 Å². The second-order valence-corrected chi connectivity index (χ2v) is 7.71. The molecule has 0 spiro atoms. The van der Waals surface area contributed by atoms with E-state index in [0.717, 1.165) is 28.1 Å². The monoisotopic (exact) mass is 451 g/mol. The van der Waals surface area contributed by atoms with Gasteiger partial charge in [0.05, 0.1) is 12.2 Å². The molecule has 0 bridgehead atoms. The van der Waals surface area contributed by atoms with Crippen molar-refractivity contribution in [3.63, 3.8) is 0 Å². The van der Waals surface area contributed by atoms with Crippen molar-refractivity contribution >= 4 is 12.0 Å². The largest absolute Gasteiger partial charge is 0.487 e. The van der Waals surface area contributed by atoms with Gasteiger partial charge in [0.1, 0.15) is 12.4 Å². The molecule has 0 saturated carbocycles. The van der Waals surface area contributed by atoms with E-state index in [1.54, 1.807) is 35.2 Å². The number of nitrogens with one attached hydrogen (secondary N) is 1. The van der Waals surface area contributed by atoms with E-state index in [9.17, 15) is 9.59 Å². The Morgan fingerprint density at radius 3 is 2.41 bits per heavy atom. The highest BCUT2D eigenvalue weighted by molar-refractivity contribution is 5.91. The molecule has 1 amide bonds. The number of amides is 1. The van der Waals surface area contributed by atoms with Crippen LogP contribution in [0.4, 0.5) is 0 Å². The molecule has 0 aliphatic carbocycles. The number of rotatable bonds is 9. The van der Waals surface area contributed by atoms with E-state index >= 15 is 0 Å². The summed E-state index contributed by atoms with van der Waals surface area (Å²) in [6.45, 7) is 1.35. The van der Waals surface area contributed by atoms with Gasteiger partial charge in [0.2, 0.25) is 5.91 Å². The second kappa shape index (κ2) is 11.4. The fourth-order valence-corrected chi connectivity index (χ4v) is 3.29. The summed E-state index contributed by atoms with van der Waals surface area (Å²) in [5, 5.41) is 2.88. The first-order chi connectivity index (χ1) is 16.7. The smallest absolute Gasteiger partial charge is 0.250 e. The molecule has 34 heavy (non-hydrogen) atoms. The number of pyridine rings is 2. The minimum atomic E-state index is -0.171. The first-order valence-electron chi connectivity index (χ1n) is 11.0. The van der Waals surface area contributed by atoms with Crippen LogP contribution in [-0.2, 0) is 24.5 Å². The molecule has 6 heteroatoms. The van der Waals surface area contributed by atoms with Gasteiger partial charge < -0.3 is 14.6 Å². The van der Waals surface area contributed by atoms with Gasteiger partial charge in [-0.15, -0.1) is 0 Å². The van der Waals surface area contributed by atoms with Gasteiger partial charge in [0.25, 0.3) is 5.56 Å². The lowest BCUT2D eigenvalue weighted by Gasteiger charge is -2.07. The summed E-state index contributed by atoms with van der Waals surface area (Å²) in [7, 11) is 0. The van der Waals surface area contributed by atoms with Crippen LogP contribution in [0.2, 0.25) is 0 Å². The third kappa shape index (κ3) is 6.77. The molecular formula is C28H25N3O3. The molecule has 6 nitrogen and oxygen atoms in total. The quantitative estimate of drug-likeness (QED) is 0.387. The van der Waals surface area contributed by atoms with Crippen molar-refractivity contribution in [1.29, 1.82) is 0 Å². The van der Waals surface area contributed by atoms with E-state index in [2.05, 4.69) is 10.3 Å². The number of hydrogen-bond acceptors (Lipinski definition) is 4. The third-order valence-electron chi connectivity index (χ3n) is 5.16. The molecule has 2 aromatic carbocycles. The Balaban J connectivity index is 1.23. The van der Waals surface area contributed by atoms with E-state index in [0.29, 0.717) is 19.7 Å². The van der Waals surface area contributed by atoms with Gasteiger partial charge in [-0.1, -0.05) is 48.5 Å². The molecule has 0 unspecified atom stereocenters. The Hall–Kier alpha value is -4.45. The highest BCUT2D eigenvalue weighted by Crippen LogP contribution is 2.14. The lowest BCUT2D eigenvalue weighted by atomic mass is 10.1. The van der Waals surface area contributed by atoms with Crippen molar-refractivity contribution < 1.29 is 9.53 Å². The Morgan fingerprint density at radius 2 is 1.68 bits per heavy atom. The molecule has 0 aliphatic heterocycles. The van der Waals surface area contributed by atoms with Gasteiger partial charge in [0, 0.05) is 31.1 Å². The maximum atomic E-state index is 12.2. The summed E-state index contributed by atoms with van der Waals surface area (Å²) in [4.78, 5) is 28.3. The topological polar surface area (TPSA) is 73.2 Å². The predicted octanol–water partition coefficient (Wildman–Crippen LogP) is 4.20. The first kappa shape index (κ1) is 22.7. The van der Waals surface area contributed by atoms with E-state index in [4.69, 9.17) is 4.74 Å². The van der Waals surface area contributed by atoms with Crippen LogP contribution in [-0.4, -0.2) is 15.5 Å². The average Bonchev–Trinajstić information content (AvgIpc) is 2.88. The number of aromatic nitrogens is 2. The summed E-state index contributed by atoms with van der Waals surface area (Å²) < 4.78 is 7.38. The average molecular weight is 452 g/mol. The van der Waals surface area contributed by atoms with Crippen LogP contribution < -0.4 is 15.6 Å². The number of carbonyl (C=O) groups is 1. The van der Waals surface area contributed by atoms with Crippen LogP contribution in [0.25, 0.3) is 6.08 Å². The number of benzene rings is 2. The Labute approximate surface area is 198 Å². The van der Waals surface area contributed by atoms with Crippen LogP contribution in [0.3, 0.4) is 0 Å². The van der Waals surface area contributed by atoms with Crippen molar-refractivity contribution in [2.75, 3.05) is 0 Å². The molecule has 2 aromatic heterocycles. The third-order valence-corrected chi connectivity index (χ3v) is 5.16. The van der Waals surface area contributed by atoms with E-state index in [1.807, 2.05) is 72.8 Å². The summed E-state index contributed by atoms with van der Waals surface area (Å²) in [6.07, 6.45) is 6.78. The zero-order chi connectivity index (χ0) is 23.6. The molecule has 0 fully saturated rings. The van der Waals surface area contributed by atoms with Crippen LogP contribution >= 0.6 is 0 Å². The van der Waals surface area contributed by atoms with Crippen molar-refractivity contribution in [3.8, 4) is 5.75 Å². The van der Waals surface area contributed by atoms with E-state index in [-0.39, 0.29) is 11.5 Å². The Morgan fingerprint density at radius 1 is 0.912 bits per heavy atom. The van der Waals surface area contributed by atoms with Crippen LogP contribution in [0.15, 0.2) is 108 Å². The maximum absolute atomic E-state index is 12.2. The van der Waals surface area contributed by atoms with Crippen molar-refractivity contribution in [3.05, 3.63) is 136 Å². The minimum absolute atomic E-state index is 0.0303. The normalized spacial score (nSPS) is 10.8. The first-order valence-corrected chi connectivity index (χ1v) is 11.0. The van der Waals surface area contributed by atoms with Crippen molar-refractivity contribution in [2.24, 2.45) is 0 Å². The fourth-order valence-electron chi connectivity index (χ4n) is 3.29. The van der Waals surface area contributed by atoms with Crippen molar-refractivity contribution in [1.82, 2.24) is 14.9 Å². The number of hydrogen-bond donors (Lipinski definition) is 1. The fraction of sp³-hybridized carbons (Fsp3) is 0.107. The molecule has 1 N–H and O–H groups in total. The highest BCUT2D eigenvalue weighted by atomic mass is 16.5. The van der Waals surface area contributed by atoms with Gasteiger partial charge in [-0.05, 0) is 53.1 Å². The summed E-state index contributed by atoms with van der Waals surface area (Å²) in [6, 6.07) is 26.2. The van der Waals surface area contributed by atoms with Gasteiger partial charge in [0.15, 0.2) is 0 Å². The molecule has 0 aliphatic rings. The van der Waals surface area contributed by atoms with E-state index in [1.165, 1.54) is 6.08 Å².